The Morgan fingerprint density at radius 2 is 1.72 bits per heavy atom. The van der Waals surface area contributed by atoms with Gasteiger partial charge >= 0.3 is 0 Å². The largest absolute Gasteiger partial charge is 0.351 e. The molecule has 2 heterocycles. The number of aryl methyl sites for hydroxylation is 5. The minimum Gasteiger partial charge on any atom is -0.351 e. The summed E-state index contributed by atoms with van der Waals surface area (Å²) in [5.41, 5.74) is 7.32. The Labute approximate surface area is 188 Å². The molecule has 7 nitrogen and oxygen atoms in total. The lowest BCUT2D eigenvalue weighted by Gasteiger charge is -2.05. The molecule has 164 valence electrons. The number of para-hydroxylation sites is 1. The van der Waals surface area contributed by atoms with Gasteiger partial charge in [0.05, 0.1) is 22.8 Å². The van der Waals surface area contributed by atoms with Gasteiger partial charge in [-0.1, -0.05) is 35.9 Å². The van der Waals surface area contributed by atoms with Crippen LogP contribution in [0, 0.1) is 27.7 Å². The maximum absolute atomic E-state index is 12.7. The standard InChI is InChI=1S/C25H28N6O/c1-17-12-13-23(18(2)15-17)31-28-20(4)24(29-31)25(32)26-14-8-9-21-16-30(27-19(21)3)22-10-6-5-7-11-22/h5-7,10-13,15-16H,8-9,14H2,1-4H3,(H,26,32). The van der Waals surface area contributed by atoms with Gasteiger partial charge in [-0.15, -0.1) is 5.10 Å². The Morgan fingerprint density at radius 1 is 0.938 bits per heavy atom. The minimum absolute atomic E-state index is 0.199. The number of benzene rings is 2. The van der Waals surface area contributed by atoms with Crippen LogP contribution in [0.4, 0.5) is 0 Å². The maximum atomic E-state index is 12.7. The molecule has 0 radical (unpaired) electrons. The summed E-state index contributed by atoms with van der Waals surface area (Å²) >= 11 is 0. The monoisotopic (exact) mass is 428 g/mol. The number of carbonyl (C=O) groups is 1. The van der Waals surface area contributed by atoms with Crippen LogP contribution < -0.4 is 5.32 Å². The van der Waals surface area contributed by atoms with E-state index in [-0.39, 0.29) is 5.91 Å². The third-order valence-electron chi connectivity index (χ3n) is 5.49. The van der Waals surface area contributed by atoms with Crippen molar-refractivity contribution < 1.29 is 4.79 Å². The van der Waals surface area contributed by atoms with Crippen molar-refractivity contribution in [2.24, 2.45) is 0 Å². The third kappa shape index (κ3) is 4.61. The Hall–Kier alpha value is -3.74. The first-order valence-corrected chi connectivity index (χ1v) is 10.8. The predicted octanol–water partition coefficient (Wildman–Crippen LogP) is 4.05. The number of carbonyl (C=O) groups excluding carboxylic acids is 1. The van der Waals surface area contributed by atoms with Crippen molar-refractivity contribution in [1.82, 2.24) is 30.1 Å². The maximum Gasteiger partial charge on any atom is 0.273 e. The summed E-state index contributed by atoms with van der Waals surface area (Å²) in [6.45, 7) is 8.45. The van der Waals surface area contributed by atoms with Gasteiger partial charge < -0.3 is 5.32 Å². The molecule has 2 aromatic carbocycles. The lowest BCUT2D eigenvalue weighted by molar-refractivity contribution is 0.0947. The van der Waals surface area contributed by atoms with Gasteiger partial charge in [0.25, 0.3) is 5.91 Å². The third-order valence-corrected chi connectivity index (χ3v) is 5.49. The van der Waals surface area contributed by atoms with Crippen LogP contribution in [0.3, 0.4) is 0 Å². The van der Waals surface area contributed by atoms with Gasteiger partial charge in [-0.3, -0.25) is 4.79 Å². The van der Waals surface area contributed by atoms with E-state index in [1.54, 1.807) is 4.80 Å². The molecule has 0 spiro atoms. The van der Waals surface area contributed by atoms with E-state index in [4.69, 9.17) is 0 Å². The quantitative estimate of drug-likeness (QED) is 0.451. The van der Waals surface area contributed by atoms with Crippen molar-refractivity contribution in [3.63, 3.8) is 0 Å². The molecule has 1 amide bonds. The highest BCUT2D eigenvalue weighted by molar-refractivity contribution is 5.93. The first-order chi connectivity index (χ1) is 15.4. The molecule has 1 N–H and O–H groups in total. The second kappa shape index (κ2) is 9.18. The fourth-order valence-electron chi connectivity index (χ4n) is 3.74. The van der Waals surface area contributed by atoms with Crippen LogP contribution in [0.15, 0.2) is 54.7 Å². The van der Waals surface area contributed by atoms with E-state index < -0.39 is 0 Å². The summed E-state index contributed by atoms with van der Waals surface area (Å²) in [6, 6.07) is 16.1. The second-order valence-electron chi connectivity index (χ2n) is 8.09. The molecule has 0 aliphatic carbocycles. The smallest absolute Gasteiger partial charge is 0.273 e. The van der Waals surface area contributed by atoms with Crippen molar-refractivity contribution >= 4 is 5.91 Å². The van der Waals surface area contributed by atoms with E-state index in [0.29, 0.717) is 17.9 Å². The molecule has 0 saturated heterocycles. The van der Waals surface area contributed by atoms with E-state index in [0.717, 1.165) is 35.5 Å². The summed E-state index contributed by atoms with van der Waals surface area (Å²) in [5.74, 6) is -0.199. The van der Waals surface area contributed by atoms with Crippen LogP contribution in [0.2, 0.25) is 0 Å². The molecule has 32 heavy (non-hydrogen) atoms. The highest BCUT2D eigenvalue weighted by Crippen LogP contribution is 2.16. The highest BCUT2D eigenvalue weighted by Gasteiger charge is 2.17. The van der Waals surface area contributed by atoms with Crippen LogP contribution in [0.5, 0.6) is 0 Å². The Kier molecular flexibility index (Phi) is 6.16. The first-order valence-electron chi connectivity index (χ1n) is 10.8. The van der Waals surface area contributed by atoms with Crippen LogP contribution >= 0.6 is 0 Å². The molecule has 0 aliphatic heterocycles. The molecule has 4 rings (SSSR count). The molecule has 0 atom stereocenters. The SMILES string of the molecule is Cc1ccc(-n2nc(C)c(C(=O)NCCCc3cn(-c4ccccc4)nc3C)n2)c(C)c1. The normalized spacial score (nSPS) is 11.0. The molecule has 0 saturated carbocycles. The van der Waals surface area contributed by atoms with Gasteiger partial charge in [0.1, 0.15) is 0 Å². The average Bonchev–Trinajstić information content (AvgIpc) is 3.34. The lowest BCUT2D eigenvalue weighted by Crippen LogP contribution is -2.26. The zero-order chi connectivity index (χ0) is 22.7. The van der Waals surface area contributed by atoms with Crippen LogP contribution in [0.1, 0.15) is 45.0 Å². The number of hydrogen-bond acceptors (Lipinski definition) is 4. The first kappa shape index (κ1) is 21.5. The Morgan fingerprint density at radius 3 is 2.47 bits per heavy atom. The van der Waals surface area contributed by atoms with Crippen LogP contribution in [-0.2, 0) is 6.42 Å². The Bertz CT molecular complexity index is 1240. The van der Waals surface area contributed by atoms with Crippen molar-refractivity contribution in [3.05, 3.63) is 88.5 Å². The number of nitrogens with one attached hydrogen (secondary N) is 1. The van der Waals surface area contributed by atoms with E-state index in [2.05, 4.69) is 32.9 Å². The van der Waals surface area contributed by atoms with Crippen molar-refractivity contribution in [2.75, 3.05) is 6.54 Å². The zero-order valence-corrected chi connectivity index (χ0v) is 19.0. The fraction of sp³-hybridized carbons (Fsp3) is 0.280. The second-order valence-corrected chi connectivity index (χ2v) is 8.09. The summed E-state index contributed by atoms with van der Waals surface area (Å²) in [7, 11) is 0. The summed E-state index contributed by atoms with van der Waals surface area (Å²) in [5, 5.41) is 16.5. The van der Waals surface area contributed by atoms with Crippen molar-refractivity contribution in [3.8, 4) is 11.4 Å². The molecule has 0 bridgehead atoms. The molecule has 0 aliphatic rings. The predicted molar refractivity (Wildman–Crippen MR) is 125 cm³/mol. The van der Waals surface area contributed by atoms with Crippen LogP contribution in [0.25, 0.3) is 11.4 Å². The van der Waals surface area contributed by atoms with Crippen molar-refractivity contribution in [2.45, 2.75) is 40.5 Å². The summed E-state index contributed by atoms with van der Waals surface area (Å²) in [4.78, 5) is 14.2. The van der Waals surface area contributed by atoms with Gasteiger partial charge in [-0.05, 0) is 69.9 Å². The van der Waals surface area contributed by atoms with Gasteiger partial charge in [0, 0.05) is 12.7 Å². The minimum atomic E-state index is -0.199. The van der Waals surface area contributed by atoms with Gasteiger partial charge in [0.15, 0.2) is 5.69 Å². The molecule has 4 aromatic rings. The molecular weight excluding hydrogens is 400 g/mol. The number of hydrogen-bond donors (Lipinski definition) is 1. The number of amides is 1. The average molecular weight is 429 g/mol. The molecule has 0 unspecified atom stereocenters. The van der Waals surface area contributed by atoms with E-state index >= 15 is 0 Å². The topological polar surface area (TPSA) is 77.6 Å². The number of rotatable bonds is 7. The van der Waals surface area contributed by atoms with Crippen LogP contribution in [-0.4, -0.2) is 37.2 Å². The number of aromatic nitrogens is 5. The highest BCUT2D eigenvalue weighted by atomic mass is 16.2. The van der Waals surface area contributed by atoms with E-state index in [1.807, 2.05) is 74.8 Å². The lowest BCUT2D eigenvalue weighted by atomic mass is 10.1. The molecule has 2 aromatic heterocycles. The number of nitrogens with zero attached hydrogens (tertiary/aromatic N) is 5. The van der Waals surface area contributed by atoms with E-state index in [1.165, 1.54) is 11.1 Å². The molecular formula is C25H28N6O. The van der Waals surface area contributed by atoms with E-state index in [9.17, 15) is 4.79 Å². The summed E-state index contributed by atoms with van der Waals surface area (Å²) < 4.78 is 1.90. The van der Waals surface area contributed by atoms with Crippen molar-refractivity contribution in [1.29, 1.82) is 0 Å². The molecule has 0 fully saturated rings. The van der Waals surface area contributed by atoms with Gasteiger partial charge in [-0.2, -0.15) is 15.0 Å². The van der Waals surface area contributed by atoms with Gasteiger partial charge in [0.2, 0.25) is 0 Å². The fourth-order valence-corrected chi connectivity index (χ4v) is 3.74. The Balaban J connectivity index is 1.35. The summed E-state index contributed by atoms with van der Waals surface area (Å²) in [6.07, 6.45) is 3.72. The zero-order valence-electron chi connectivity index (χ0n) is 19.0. The van der Waals surface area contributed by atoms with Gasteiger partial charge in [-0.25, -0.2) is 4.68 Å². The molecule has 7 heteroatoms.